The Morgan fingerprint density at radius 1 is 1.42 bits per heavy atom. The molecule has 8 nitrogen and oxygen atoms in total. The number of nitriles is 1. The van der Waals surface area contributed by atoms with Gasteiger partial charge in [-0.15, -0.1) is 0 Å². The standard InChI is InChI=1S/C16H14N4O4/c1-11(12-5-3-2-4-6-12)18-15(21)10-19-9-14(20(23)24)7-13(8-17)16(19)22/h2-7,9,11H,10H2,1H3,(H,18,21)/t11-/m0/s1. The van der Waals surface area contributed by atoms with Crippen molar-refractivity contribution in [3.8, 4) is 6.07 Å². The van der Waals surface area contributed by atoms with Crippen LogP contribution in [0, 0.1) is 21.4 Å². The number of nitrogens with one attached hydrogen (secondary N) is 1. The highest BCUT2D eigenvalue weighted by Crippen LogP contribution is 2.12. The number of pyridine rings is 1. The van der Waals surface area contributed by atoms with Crippen LogP contribution in [-0.4, -0.2) is 15.4 Å². The van der Waals surface area contributed by atoms with Gasteiger partial charge >= 0.3 is 0 Å². The number of nitrogens with zero attached hydrogens (tertiary/aromatic N) is 3. The molecule has 2 aromatic rings. The SMILES string of the molecule is C[C@H](NC(=O)Cn1cc([N+](=O)[O-])cc(C#N)c1=O)c1ccccc1. The summed E-state index contributed by atoms with van der Waals surface area (Å²) in [6.45, 7) is 1.37. The van der Waals surface area contributed by atoms with Gasteiger partial charge in [-0.05, 0) is 12.5 Å². The minimum absolute atomic E-state index is 0.288. The van der Waals surface area contributed by atoms with E-state index in [0.29, 0.717) is 0 Å². The topological polar surface area (TPSA) is 118 Å². The monoisotopic (exact) mass is 326 g/mol. The summed E-state index contributed by atoms with van der Waals surface area (Å²) in [4.78, 5) is 34.2. The quantitative estimate of drug-likeness (QED) is 0.660. The van der Waals surface area contributed by atoms with Crippen LogP contribution >= 0.6 is 0 Å². The molecule has 0 radical (unpaired) electrons. The molecule has 8 heteroatoms. The normalized spacial score (nSPS) is 11.3. The Bertz CT molecular complexity index is 868. The van der Waals surface area contributed by atoms with Gasteiger partial charge in [-0.25, -0.2) is 0 Å². The molecule has 1 aromatic carbocycles. The summed E-state index contributed by atoms with van der Waals surface area (Å²) in [7, 11) is 0. The van der Waals surface area contributed by atoms with Crippen molar-refractivity contribution >= 4 is 11.6 Å². The lowest BCUT2D eigenvalue weighted by molar-refractivity contribution is -0.385. The van der Waals surface area contributed by atoms with E-state index in [9.17, 15) is 19.7 Å². The summed E-state index contributed by atoms with van der Waals surface area (Å²) >= 11 is 0. The van der Waals surface area contributed by atoms with Crippen molar-refractivity contribution in [3.05, 3.63) is 74.2 Å². The molecule has 1 atom stereocenters. The molecule has 122 valence electrons. The fraction of sp³-hybridized carbons (Fsp3) is 0.188. The molecule has 0 bridgehead atoms. The van der Waals surface area contributed by atoms with Crippen molar-refractivity contribution in [1.82, 2.24) is 9.88 Å². The first-order valence-corrected chi connectivity index (χ1v) is 7.05. The van der Waals surface area contributed by atoms with Crippen LogP contribution in [0.3, 0.4) is 0 Å². The number of carbonyl (C=O) groups excluding carboxylic acids is 1. The molecule has 0 aliphatic heterocycles. The number of carbonyl (C=O) groups is 1. The number of aromatic nitrogens is 1. The molecular formula is C16H14N4O4. The Labute approximate surface area is 137 Å². The molecule has 0 aliphatic rings. The zero-order valence-corrected chi connectivity index (χ0v) is 12.8. The van der Waals surface area contributed by atoms with E-state index < -0.39 is 28.6 Å². The summed E-state index contributed by atoms with van der Waals surface area (Å²) in [6, 6.07) is 11.4. The Morgan fingerprint density at radius 2 is 2.08 bits per heavy atom. The zero-order valence-electron chi connectivity index (χ0n) is 12.8. The highest BCUT2D eigenvalue weighted by molar-refractivity contribution is 5.76. The van der Waals surface area contributed by atoms with Gasteiger partial charge in [0.25, 0.3) is 11.2 Å². The minimum atomic E-state index is -0.745. The number of amides is 1. The molecule has 0 fully saturated rings. The second-order valence-electron chi connectivity index (χ2n) is 5.11. The lowest BCUT2D eigenvalue weighted by Gasteiger charge is -2.15. The second kappa shape index (κ2) is 7.19. The number of nitro groups is 1. The third kappa shape index (κ3) is 3.84. The van der Waals surface area contributed by atoms with E-state index in [-0.39, 0.29) is 11.6 Å². The molecule has 0 saturated carbocycles. The average Bonchev–Trinajstić information content (AvgIpc) is 2.57. The zero-order chi connectivity index (χ0) is 17.7. The predicted octanol–water partition coefficient (Wildman–Crippen LogP) is 1.51. The molecule has 0 spiro atoms. The number of benzene rings is 1. The highest BCUT2D eigenvalue weighted by Gasteiger charge is 2.16. The second-order valence-corrected chi connectivity index (χ2v) is 5.11. The van der Waals surface area contributed by atoms with Crippen LogP contribution in [0.4, 0.5) is 5.69 Å². The van der Waals surface area contributed by atoms with Crippen molar-refractivity contribution in [1.29, 1.82) is 5.26 Å². The summed E-state index contributed by atoms with van der Waals surface area (Å²) in [5, 5.41) is 22.5. The largest absolute Gasteiger partial charge is 0.348 e. The average molecular weight is 326 g/mol. The first-order chi connectivity index (χ1) is 11.4. The van der Waals surface area contributed by atoms with Gasteiger partial charge in [-0.2, -0.15) is 5.26 Å². The number of rotatable bonds is 5. The van der Waals surface area contributed by atoms with Crippen LogP contribution in [0.5, 0.6) is 0 Å². The van der Waals surface area contributed by atoms with E-state index in [0.717, 1.165) is 22.4 Å². The molecule has 1 amide bonds. The highest BCUT2D eigenvalue weighted by atomic mass is 16.6. The van der Waals surface area contributed by atoms with Crippen LogP contribution in [0.25, 0.3) is 0 Å². The maximum atomic E-state index is 12.1. The first kappa shape index (κ1) is 16.9. The molecule has 1 heterocycles. The van der Waals surface area contributed by atoms with E-state index in [1.54, 1.807) is 13.0 Å². The third-order valence-corrected chi connectivity index (χ3v) is 3.39. The summed E-state index contributed by atoms with van der Waals surface area (Å²) in [5.41, 5.74) is -0.663. The van der Waals surface area contributed by atoms with Gasteiger partial charge in [-0.1, -0.05) is 30.3 Å². The Morgan fingerprint density at radius 3 is 2.67 bits per heavy atom. The first-order valence-electron chi connectivity index (χ1n) is 7.05. The van der Waals surface area contributed by atoms with Gasteiger partial charge in [0.2, 0.25) is 5.91 Å². The van der Waals surface area contributed by atoms with Gasteiger partial charge in [0.05, 0.1) is 17.2 Å². The minimum Gasteiger partial charge on any atom is -0.348 e. The van der Waals surface area contributed by atoms with Gasteiger partial charge in [-0.3, -0.25) is 24.3 Å². The van der Waals surface area contributed by atoms with E-state index >= 15 is 0 Å². The van der Waals surface area contributed by atoms with Crippen LogP contribution in [0.15, 0.2) is 47.4 Å². The van der Waals surface area contributed by atoms with Crippen molar-refractivity contribution < 1.29 is 9.72 Å². The summed E-state index contributed by atoms with van der Waals surface area (Å²) < 4.78 is 0.865. The van der Waals surface area contributed by atoms with Crippen LogP contribution in [-0.2, 0) is 11.3 Å². The van der Waals surface area contributed by atoms with Gasteiger partial charge < -0.3 is 5.32 Å². The Kier molecular flexibility index (Phi) is 5.06. The Hall–Kier alpha value is -3.47. The van der Waals surface area contributed by atoms with E-state index in [1.165, 1.54) is 0 Å². The van der Waals surface area contributed by atoms with Gasteiger partial charge in [0, 0.05) is 6.07 Å². The Balaban J connectivity index is 2.20. The van der Waals surface area contributed by atoms with Gasteiger partial charge in [0.15, 0.2) is 0 Å². The lowest BCUT2D eigenvalue weighted by Crippen LogP contribution is -2.34. The van der Waals surface area contributed by atoms with Crippen LogP contribution in [0.2, 0.25) is 0 Å². The summed E-state index contributed by atoms with van der Waals surface area (Å²) in [6.07, 6.45) is 0.954. The molecule has 0 aliphatic carbocycles. The van der Waals surface area contributed by atoms with E-state index in [2.05, 4.69) is 5.32 Å². The van der Waals surface area contributed by atoms with Crippen molar-refractivity contribution in [3.63, 3.8) is 0 Å². The van der Waals surface area contributed by atoms with Crippen LogP contribution < -0.4 is 10.9 Å². The number of hydrogen-bond acceptors (Lipinski definition) is 5. The molecule has 24 heavy (non-hydrogen) atoms. The fourth-order valence-corrected chi connectivity index (χ4v) is 2.18. The molecule has 1 N–H and O–H groups in total. The summed E-state index contributed by atoms with van der Waals surface area (Å²) in [5.74, 6) is -0.488. The van der Waals surface area contributed by atoms with Gasteiger partial charge in [0.1, 0.15) is 18.2 Å². The lowest BCUT2D eigenvalue weighted by atomic mass is 10.1. The molecule has 0 unspecified atom stereocenters. The third-order valence-electron chi connectivity index (χ3n) is 3.39. The maximum Gasteiger partial charge on any atom is 0.287 e. The van der Waals surface area contributed by atoms with Crippen molar-refractivity contribution in [2.45, 2.75) is 19.5 Å². The van der Waals surface area contributed by atoms with Crippen LogP contribution in [0.1, 0.15) is 24.1 Å². The predicted molar refractivity (Wildman–Crippen MR) is 85.1 cm³/mol. The number of hydrogen-bond donors (Lipinski definition) is 1. The maximum absolute atomic E-state index is 12.1. The molecular weight excluding hydrogens is 312 g/mol. The molecule has 0 saturated heterocycles. The van der Waals surface area contributed by atoms with E-state index in [1.807, 2.05) is 30.3 Å². The van der Waals surface area contributed by atoms with E-state index in [4.69, 9.17) is 5.26 Å². The smallest absolute Gasteiger partial charge is 0.287 e. The van der Waals surface area contributed by atoms with Crippen molar-refractivity contribution in [2.24, 2.45) is 0 Å². The van der Waals surface area contributed by atoms with Crippen molar-refractivity contribution in [2.75, 3.05) is 0 Å². The molecule has 2 rings (SSSR count). The fourth-order valence-electron chi connectivity index (χ4n) is 2.18. The molecule has 1 aromatic heterocycles.